The number of aryl methyl sites for hydroxylation is 1. The van der Waals surface area contributed by atoms with Crippen molar-refractivity contribution < 1.29 is 21.7 Å². The number of rotatable bonds is 2. The summed E-state index contributed by atoms with van der Waals surface area (Å²) in [5.74, 6) is 0. The number of nitrogens with zero attached hydrogens (tertiary/aromatic N) is 1. The van der Waals surface area contributed by atoms with Gasteiger partial charge in [-0.2, -0.15) is 0 Å². The minimum absolute atomic E-state index is 0.808. The maximum atomic E-state index is 9.22. The molecule has 1 aromatic heterocycles. The fourth-order valence-electron chi connectivity index (χ4n) is 0.729. The Morgan fingerprint density at radius 1 is 1.60 bits per heavy atom. The van der Waals surface area contributed by atoms with Gasteiger partial charge >= 0.3 is 0 Å². The van der Waals surface area contributed by atoms with Crippen LogP contribution in [0.1, 0.15) is 5.56 Å². The Kier molecular flexibility index (Phi) is 6.66. The molecule has 0 fully saturated rings. The summed E-state index contributed by atoms with van der Waals surface area (Å²) in [6.45, 7) is 0. The molecule has 0 aliphatic carbocycles. The van der Waals surface area contributed by atoms with E-state index in [9.17, 15) is 13.0 Å². The van der Waals surface area contributed by atoms with Crippen LogP contribution < -0.4 is 4.57 Å². The molecule has 0 aliphatic rings. The van der Waals surface area contributed by atoms with Gasteiger partial charge in [-0.3, -0.25) is 4.18 Å². The van der Waals surface area contributed by atoms with E-state index in [2.05, 4.69) is 32.4 Å². The molecule has 0 N–H and O–H groups in total. The Morgan fingerprint density at radius 2 is 2.13 bits per heavy atom. The quantitative estimate of drug-likeness (QED) is 0.345. The Labute approximate surface area is 97.8 Å². The monoisotopic (exact) mass is 297 g/mol. The van der Waals surface area contributed by atoms with Gasteiger partial charge in [-0.05, 0) is 6.07 Å². The molecule has 1 aromatic rings. The highest BCUT2D eigenvalue weighted by atomic mass is 79.9. The molecular formula is C8H12BrNO4S. The average Bonchev–Trinajstić information content (AvgIpc) is 2.18. The van der Waals surface area contributed by atoms with Gasteiger partial charge in [0.2, 0.25) is 10.4 Å². The first kappa shape index (κ1) is 14.5. The molecule has 0 spiro atoms. The molecule has 0 aromatic carbocycles. The molecular weight excluding hydrogens is 286 g/mol. The van der Waals surface area contributed by atoms with Gasteiger partial charge in [0.05, 0.1) is 7.11 Å². The van der Waals surface area contributed by atoms with E-state index in [-0.39, 0.29) is 0 Å². The molecule has 0 bridgehead atoms. The van der Waals surface area contributed by atoms with Gasteiger partial charge in [0.25, 0.3) is 0 Å². The summed E-state index contributed by atoms with van der Waals surface area (Å²) >= 11 is 3.38. The van der Waals surface area contributed by atoms with Crippen molar-refractivity contribution >= 4 is 26.3 Å². The maximum absolute atomic E-state index is 9.22. The van der Waals surface area contributed by atoms with Crippen molar-refractivity contribution in [2.75, 3.05) is 7.11 Å². The molecule has 0 amide bonds. The van der Waals surface area contributed by atoms with Crippen LogP contribution in [0.4, 0.5) is 0 Å². The lowest BCUT2D eigenvalue weighted by Crippen LogP contribution is -2.26. The maximum Gasteiger partial charge on any atom is 0.217 e. The highest BCUT2D eigenvalue weighted by Crippen LogP contribution is 1.99. The van der Waals surface area contributed by atoms with Crippen molar-refractivity contribution in [2.45, 2.75) is 5.33 Å². The first-order chi connectivity index (χ1) is 6.89. The summed E-state index contributed by atoms with van der Waals surface area (Å²) in [4.78, 5) is 0. The van der Waals surface area contributed by atoms with Crippen molar-refractivity contribution in [1.29, 1.82) is 0 Å². The second-order valence-electron chi connectivity index (χ2n) is 2.59. The van der Waals surface area contributed by atoms with Crippen molar-refractivity contribution in [3.8, 4) is 0 Å². The number of halogens is 1. The largest absolute Gasteiger partial charge is 0.726 e. The summed E-state index contributed by atoms with van der Waals surface area (Å²) < 4.78 is 33.1. The summed E-state index contributed by atoms with van der Waals surface area (Å²) in [6.07, 6.45) is 4.11. The van der Waals surface area contributed by atoms with E-state index in [1.54, 1.807) is 0 Å². The Hall–Kier alpha value is -0.500. The average molecular weight is 298 g/mol. The molecule has 7 heteroatoms. The van der Waals surface area contributed by atoms with Crippen LogP contribution in [0.15, 0.2) is 24.5 Å². The Balaban J connectivity index is 0.000000288. The molecule has 0 aliphatic heterocycles. The Morgan fingerprint density at radius 3 is 2.40 bits per heavy atom. The second-order valence-corrected chi connectivity index (χ2v) is 4.30. The van der Waals surface area contributed by atoms with E-state index in [4.69, 9.17) is 0 Å². The zero-order valence-corrected chi connectivity index (χ0v) is 10.8. The normalized spacial score (nSPS) is 10.4. The number of hydrogen-bond acceptors (Lipinski definition) is 4. The van der Waals surface area contributed by atoms with Crippen LogP contribution >= 0.6 is 15.9 Å². The van der Waals surface area contributed by atoms with Gasteiger partial charge in [0.15, 0.2) is 12.4 Å². The fraction of sp³-hybridized carbons (Fsp3) is 0.375. The van der Waals surface area contributed by atoms with Gasteiger partial charge < -0.3 is 4.55 Å². The topological polar surface area (TPSA) is 70.3 Å². The summed E-state index contributed by atoms with van der Waals surface area (Å²) in [5.41, 5.74) is 1.31. The second kappa shape index (κ2) is 6.89. The standard InChI is InChI=1S/C7H9BrN.CH4O4S/c1-9-4-2-3-7(5-8)6-9;1-5-6(2,3)4/h2-4,6H,5H2,1H3;1H3,(H,2,3,4)/q+1;/p-1. The highest BCUT2D eigenvalue weighted by molar-refractivity contribution is 9.08. The number of alkyl halides is 1. The van der Waals surface area contributed by atoms with E-state index in [1.807, 2.05) is 23.9 Å². The van der Waals surface area contributed by atoms with E-state index in [1.165, 1.54) is 5.56 Å². The molecule has 0 radical (unpaired) electrons. The molecule has 86 valence electrons. The van der Waals surface area contributed by atoms with E-state index >= 15 is 0 Å². The predicted molar refractivity (Wildman–Crippen MR) is 57.0 cm³/mol. The van der Waals surface area contributed by atoms with Gasteiger partial charge in [-0.25, -0.2) is 13.0 Å². The molecule has 0 atom stereocenters. The van der Waals surface area contributed by atoms with Gasteiger partial charge in [0.1, 0.15) is 7.05 Å². The van der Waals surface area contributed by atoms with E-state index < -0.39 is 10.4 Å². The SMILES string of the molecule is COS(=O)(=O)[O-].C[n+]1cccc(CBr)c1. The molecule has 0 saturated heterocycles. The van der Waals surface area contributed by atoms with Crippen LogP contribution in [-0.2, 0) is 27.0 Å². The van der Waals surface area contributed by atoms with Crippen LogP contribution in [0.3, 0.4) is 0 Å². The third-order valence-electron chi connectivity index (χ3n) is 1.36. The molecule has 0 unspecified atom stereocenters. The predicted octanol–water partition coefficient (Wildman–Crippen LogP) is 0.499. The Bertz CT molecular complexity index is 393. The fourth-order valence-corrected chi connectivity index (χ4v) is 1.06. The third-order valence-corrected chi connectivity index (χ3v) is 2.42. The van der Waals surface area contributed by atoms with E-state index in [0.29, 0.717) is 0 Å². The van der Waals surface area contributed by atoms with Gasteiger partial charge in [-0.1, -0.05) is 15.9 Å². The van der Waals surface area contributed by atoms with Crippen LogP contribution in [0.2, 0.25) is 0 Å². The number of aromatic nitrogens is 1. The lowest BCUT2D eigenvalue weighted by Gasteiger charge is -1.98. The van der Waals surface area contributed by atoms with Gasteiger partial charge in [0, 0.05) is 17.0 Å². The number of hydrogen-bond donors (Lipinski definition) is 0. The van der Waals surface area contributed by atoms with Crippen molar-refractivity contribution in [3.05, 3.63) is 30.1 Å². The smallest absolute Gasteiger partial charge is 0.217 e. The molecule has 1 heterocycles. The van der Waals surface area contributed by atoms with Crippen LogP contribution in [-0.4, -0.2) is 20.1 Å². The summed E-state index contributed by atoms with van der Waals surface area (Å²) in [5, 5.41) is 0.932. The van der Waals surface area contributed by atoms with Crippen LogP contribution in [0, 0.1) is 0 Å². The van der Waals surface area contributed by atoms with Gasteiger partial charge in [-0.15, -0.1) is 0 Å². The van der Waals surface area contributed by atoms with Crippen LogP contribution in [0.25, 0.3) is 0 Å². The van der Waals surface area contributed by atoms with E-state index in [0.717, 1.165) is 12.4 Å². The zero-order valence-electron chi connectivity index (χ0n) is 8.38. The molecule has 15 heavy (non-hydrogen) atoms. The summed E-state index contributed by atoms with van der Waals surface area (Å²) in [7, 11) is -1.58. The lowest BCUT2D eigenvalue weighted by molar-refractivity contribution is -0.671. The molecule has 1 rings (SSSR count). The highest BCUT2D eigenvalue weighted by Gasteiger charge is 1.92. The first-order valence-electron chi connectivity index (χ1n) is 3.90. The minimum Gasteiger partial charge on any atom is -0.726 e. The molecule has 0 saturated carbocycles. The van der Waals surface area contributed by atoms with Crippen molar-refractivity contribution in [2.24, 2.45) is 7.05 Å². The molecule has 5 nitrogen and oxygen atoms in total. The van der Waals surface area contributed by atoms with Crippen molar-refractivity contribution in [3.63, 3.8) is 0 Å². The minimum atomic E-state index is -4.41. The number of pyridine rings is 1. The zero-order chi connectivity index (χ0) is 11.9. The third kappa shape index (κ3) is 8.49. The lowest BCUT2D eigenvalue weighted by atomic mass is 10.3. The van der Waals surface area contributed by atoms with Crippen LogP contribution in [0.5, 0.6) is 0 Å². The summed E-state index contributed by atoms with van der Waals surface area (Å²) in [6, 6.07) is 4.13. The van der Waals surface area contributed by atoms with Crippen molar-refractivity contribution in [1.82, 2.24) is 0 Å². The first-order valence-corrected chi connectivity index (χ1v) is 6.36.